The van der Waals surface area contributed by atoms with Gasteiger partial charge in [0, 0.05) is 30.2 Å². The highest BCUT2D eigenvalue weighted by Crippen LogP contribution is 2.37. The largest absolute Gasteiger partial charge is 0.493 e. The van der Waals surface area contributed by atoms with Crippen molar-refractivity contribution in [2.24, 2.45) is 5.73 Å². The van der Waals surface area contributed by atoms with E-state index in [0.29, 0.717) is 37.5 Å². The topological polar surface area (TPSA) is 326 Å². The van der Waals surface area contributed by atoms with Crippen molar-refractivity contribution in [2.75, 3.05) is 31.6 Å². The van der Waals surface area contributed by atoms with Gasteiger partial charge in [-0.25, -0.2) is 4.79 Å². The fourth-order valence-corrected chi connectivity index (χ4v) is 8.28. The van der Waals surface area contributed by atoms with Gasteiger partial charge in [-0.1, -0.05) is 19.3 Å². The van der Waals surface area contributed by atoms with Crippen LogP contribution in [0.15, 0.2) is 18.2 Å². The van der Waals surface area contributed by atoms with Crippen LogP contribution in [0, 0.1) is 0 Å². The van der Waals surface area contributed by atoms with Crippen LogP contribution >= 0.6 is 11.8 Å². The molecule has 1 aromatic carbocycles. The van der Waals surface area contributed by atoms with E-state index >= 15 is 0 Å². The van der Waals surface area contributed by atoms with E-state index in [9.17, 15) is 48.3 Å². The van der Waals surface area contributed by atoms with E-state index in [1.807, 2.05) is 0 Å². The number of carboxylic acid groups (broad SMARTS) is 2. The lowest BCUT2D eigenvalue weighted by atomic mass is 10.0. The summed E-state index contributed by atoms with van der Waals surface area (Å²) in [6.45, 7) is -0.977. The highest BCUT2D eigenvalue weighted by Gasteiger charge is 2.41. The standard InChI is InChI=1S/C37H53N9O12S/c38-14-5-1-2-7-23-34(55)44-25(33(54)40-19-31(51)52)13-15-58-27-11-9-20(16-22(27)32(53)42-24(35(56)43-23)10-12-30(49)50)41-29(48)18-39-28(47)8-4-3-6-21-17-26-36(59-21)46-37(57)45-26/h9,11,16,21,23-26,36H,1-8,10,12-15,17-19,38H2,(H,39,47)(H,40,54)(H,41,48)(H,42,53)(H,43,56)(H,44,55)(H,49,50)(H,51,52)(H2,45,46,57)/t21-,23-,24-,25-,26+,36-/m0/s1. The van der Waals surface area contributed by atoms with Crippen LogP contribution in [0.1, 0.15) is 87.4 Å². The lowest BCUT2D eigenvalue weighted by molar-refractivity contribution is -0.139. The summed E-state index contributed by atoms with van der Waals surface area (Å²) in [6.07, 6.45) is 4.08. The Labute approximate surface area is 344 Å². The average Bonchev–Trinajstić information content (AvgIpc) is 3.73. The van der Waals surface area contributed by atoms with E-state index in [1.54, 1.807) is 11.8 Å². The number of carboxylic acids is 2. The van der Waals surface area contributed by atoms with Gasteiger partial charge >= 0.3 is 18.0 Å². The van der Waals surface area contributed by atoms with Crippen LogP contribution in [-0.2, 0) is 33.6 Å². The van der Waals surface area contributed by atoms with Crippen LogP contribution in [0.5, 0.6) is 5.75 Å². The van der Waals surface area contributed by atoms with Gasteiger partial charge in [-0.3, -0.25) is 38.4 Å². The highest BCUT2D eigenvalue weighted by atomic mass is 32.2. The van der Waals surface area contributed by atoms with Crippen molar-refractivity contribution in [1.29, 1.82) is 0 Å². The molecular formula is C37H53N9O12S. The van der Waals surface area contributed by atoms with Crippen LogP contribution in [0.4, 0.5) is 10.5 Å². The number of benzene rings is 1. The zero-order chi connectivity index (χ0) is 42.9. The van der Waals surface area contributed by atoms with E-state index in [2.05, 4.69) is 42.5 Å². The highest BCUT2D eigenvalue weighted by molar-refractivity contribution is 8.00. The number of urea groups is 1. The maximum absolute atomic E-state index is 13.8. The second kappa shape index (κ2) is 23.1. The summed E-state index contributed by atoms with van der Waals surface area (Å²) in [5.41, 5.74) is 5.54. The first-order valence-electron chi connectivity index (χ1n) is 19.6. The minimum Gasteiger partial charge on any atom is -0.493 e. The Morgan fingerprint density at radius 2 is 1.53 bits per heavy atom. The smallest absolute Gasteiger partial charge is 0.322 e. The quantitative estimate of drug-likeness (QED) is 0.0764. The third-order valence-electron chi connectivity index (χ3n) is 9.75. The number of amides is 8. The van der Waals surface area contributed by atoms with E-state index in [-0.39, 0.29) is 79.2 Å². The molecular weight excluding hydrogens is 795 g/mol. The number of fused-ring (bicyclic) bond motifs is 2. The van der Waals surface area contributed by atoms with Crippen LogP contribution in [0.25, 0.3) is 0 Å². The molecule has 3 aliphatic heterocycles. The fourth-order valence-electron chi connectivity index (χ4n) is 6.70. The zero-order valence-corrected chi connectivity index (χ0v) is 33.3. The summed E-state index contributed by atoms with van der Waals surface area (Å²) in [5.74, 6) is -6.93. The summed E-state index contributed by atoms with van der Waals surface area (Å²) in [7, 11) is 0. The SMILES string of the molecule is NCCCCC[C@@H]1NC(=O)[C@H](CCC(=O)O)NC(=O)c2cc(NC(=O)CNC(=O)CCCC[C@H]3C[C@H]4NC(=O)N[C@H]4S3)ccc2OCC[C@@H](C(=O)NCC(=O)O)NC1=O. The summed E-state index contributed by atoms with van der Waals surface area (Å²) < 4.78 is 5.86. The molecule has 0 saturated carbocycles. The first-order chi connectivity index (χ1) is 28.2. The van der Waals surface area contributed by atoms with Crippen molar-refractivity contribution in [2.45, 2.75) is 112 Å². The molecule has 2 saturated heterocycles. The molecule has 59 heavy (non-hydrogen) atoms. The van der Waals surface area contributed by atoms with Crippen molar-refractivity contribution in [1.82, 2.24) is 37.2 Å². The van der Waals surface area contributed by atoms with Crippen molar-refractivity contribution >= 4 is 70.9 Å². The number of hydrogen-bond donors (Lipinski definition) is 11. The minimum absolute atomic E-state index is 0.0581. The molecule has 2 fully saturated rings. The van der Waals surface area contributed by atoms with Gasteiger partial charge in [0.1, 0.15) is 30.4 Å². The normalized spacial score (nSPS) is 23.0. The summed E-state index contributed by atoms with van der Waals surface area (Å²) in [5, 5.41) is 39.7. The second-order valence-electron chi connectivity index (χ2n) is 14.4. The van der Waals surface area contributed by atoms with Gasteiger partial charge in [-0.05, 0) is 63.3 Å². The molecule has 0 unspecified atom stereocenters. The fraction of sp³-hybridized carbons (Fsp3) is 0.595. The lowest BCUT2D eigenvalue weighted by Gasteiger charge is -2.26. The number of rotatable bonds is 19. The molecule has 0 spiro atoms. The Morgan fingerprint density at radius 1 is 0.780 bits per heavy atom. The molecule has 6 atom stereocenters. The molecule has 324 valence electrons. The molecule has 0 aliphatic carbocycles. The monoisotopic (exact) mass is 847 g/mol. The van der Waals surface area contributed by atoms with Gasteiger partial charge in [0.05, 0.1) is 30.1 Å². The third kappa shape index (κ3) is 15.2. The molecule has 0 aromatic heterocycles. The number of ether oxygens (including phenoxy) is 1. The minimum atomic E-state index is -1.45. The molecule has 3 aliphatic rings. The molecule has 21 nitrogen and oxygen atoms in total. The summed E-state index contributed by atoms with van der Waals surface area (Å²) >= 11 is 1.72. The van der Waals surface area contributed by atoms with Gasteiger partial charge in [0.25, 0.3) is 5.91 Å². The third-order valence-corrected chi connectivity index (χ3v) is 11.3. The zero-order valence-electron chi connectivity index (χ0n) is 32.5. The molecule has 1 aromatic rings. The van der Waals surface area contributed by atoms with Gasteiger partial charge in [-0.15, -0.1) is 11.8 Å². The van der Waals surface area contributed by atoms with Crippen molar-refractivity contribution < 1.29 is 58.1 Å². The van der Waals surface area contributed by atoms with E-state index in [4.69, 9.17) is 15.6 Å². The molecule has 22 heteroatoms. The number of carbonyl (C=O) groups excluding carboxylic acids is 7. The Morgan fingerprint density at radius 3 is 2.25 bits per heavy atom. The van der Waals surface area contributed by atoms with Crippen molar-refractivity contribution in [3.8, 4) is 5.75 Å². The maximum Gasteiger partial charge on any atom is 0.322 e. The van der Waals surface area contributed by atoms with Crippen LogP contribution in [0.3, 0.4) is 0 Å². The van der Waals surface area contributed by atoms with Crippen LogP contribution in [-0.4, -0.2) is 125 Å². The number of carbonyl (C=O) groups is 9. The Kier molecular flexibility index (Phi) is 18.0. The van der Waals surface area contributed by atoms with Crippen molar-refractivity contribution in [3.63, 3.8) is 0 Å². The molecule has 3 heterocycles. The average molecular weight is 848 g/mol. The number of nitrogens with one attached hydrogen (secondary N) is 8. The number of unbranched alkanes of at least 4 members (excludes halogenated alkanes) is 3. The molecule has 8 amide bonds. The number of anilines is 1. The van der Waals surface area contributed by atoms with E-state index in [1.165, 1.54) is 18.2 Å². The molecule has 0 bridgehead atoms. The van der Waals surface area contributed by atoms with Crippen molar-refractivity contribution in [3.05, 3.63) is 23.8 Å². The first-order valence-corrected chi connectivity index (χ1v) is 20.6. The molecule has 4 rings (SSSR count). The van der Waals surface area contributed by atoms with Gasteiger partial charge < -0.3 is 63.2 Å². The summed E-state index contributed by atoms with van der Waals surface area (Å²) in [4.78, 5) is 113. The number of nitrogens with two attached hydrogens (primary N) is 1. The second-order valence-corrected chi connectivity index (χ2v) is 15.8. The van der Waals surface area contributed by atoms with Crippen LogP contribution in [0.2, 0.25) is 0 Å². The maximum atomic E-state index is 13.8. The van der Waals surface area contributed by atoms with Gasteiger partial charge in [0.2, 0.25) is 29.5 Å². The molecule has 0 radical (unpaired) electrons. The molecule has 12 N–H and O–H groups in total. The number of hydrogen-bond acceptors (Lipinski definition) is 12. The van der Waals surface area contributed by atoms with Gasteiger partial charge in [-0.2, -0.15) is 0 Å². The lowest BCUT2D eigenvalue weighted by Crippen LogP contribution is -2.57. The predicted molar refractivity (Wildman–Crippen MR) is 212 cm³/mol. The van der Waals surface area contributed by atoms with E-state index in [0.717, 1.165) is 19.3 Å². The van der Waals surface area contributed by atoms with Crippen LogP contribution < -0.4 is 53.0 Å². The predicted octanol–water partition coefficient (Wildman–Crippen LogP) is -0.750. The number of aliphatic carboxylic acids is 2. The Hall–Kier alpha value is -5.64. The Bertz CT molecular complexity index is 1720. The Balaban J connectivity index is 1.43. The van der Waals surface area contributed by atoms with Gasteiger partial charge in [0.15, 0.2) is 0 Å². The summed E-state index contributed by atoms with van der Waals surface area (Å²) in [6, 6.07) is -0.0168. The first kappa shape index (κ1) is 46.1. The van der Waals surface area contributed by atoms with E-state index < -0.39 is 72.6 Å². The number of thioether (sulfide) groups is 1.